The highest BCUT2D eigenvalue weighted by atomic mass is 15.3. The molecule has 110 valence electrons. The van der Waals surface area contributed by atoms with E-state index < -0.39 is 0 Å². The monoisotopic (exact) mass is 281 g/mol. The molecule has 1 aliphatic rings. The third kappa shape index (κ3) is 3.24. The molecule has 2 aromatic rings. The van der Waals surface area contributed by atoms with Crippen LogP contribution in [0.15, 0.2) is 48.8 Å². The van der Waals surface area contributed by atoms with E-state index in [9.17, 15) is 0 Å². The zero-order valence-electron chi connectivity index (χ0n) is 12.9. The molecule has 0 spiro atoms. The lowest BCUT2D eigenvalue weighted by Crippen LogP contribution is -2.51. The standard InChI is InChI=1S/C18H23N3/c1-15-5-3-4-6-18(15)21-12-11-20(16(2)13-21)14-17-7-9-19-10-8-17/h3-10,16H,11-14H2,1-2H3/t16-/m0/s1. The second kappa shape index (κ2) is 6.27. The van der Waals surface area contributed by atoms with Crippen LogP contribution in [-0.4, -0.2) is 35.6 Å². The van der Waals surface area contributed by atoms with Crippen LogP contribution in [0.1, 0.15) is 18.1 Å². The number of aromatic nitrogens is 1. The molecule has 0 amide bonds. The van der Waals surface area contributed by atoms with Crippen LogP contribution in [-0.2, 0) is 6.54 Å². The first-order valence-electron chi connectivity index (χ1n) is 7.67. The summed E-state index contributed by atoms with van der Waals surface area (Å²) in [4.78, 5) is 9.17. The third-order valence-corrected chi connectivity index (χ3v) is 4.36. The highest BCUT2D eigenvalue weighted by molar-refractivity contribution is 5.53. The molecule has 2 heterocycles. The van der Waals surface area contributed by atoms with E-state index in [-0.39, 0.29) is 0 Å². The second-order valence-corrected chi connectivity index (χ2v) is 5.91. The maximum atomic E-state index is 4.09. The molecule has 1 saturated heterocycles. The molecular weight excluding hydrogens is 258 g/mol. The van der Waals surface area contributed by atoms with E-state index in [0.29, 0.717) is 6.04 Å². The van der Waals surface area contributed by atoms with Gasteiger partial charge in [0, 0.05) is 50.3 Å². The molecule has 3 nitrogen and oxygen atoms in total. The first-order chi connectivity index (χ1) is 10.2. The molecule has 0 bridgehead atoms. The van der Waals surface area contributed by atoms with Gasteiger partial charge in [0.1, 0.15) is 0 Å². The second-order valence-electron chi connectivity index (χ2n) is 5.91. The van der Waals surface area contributed by atoms with Gasteiger partial charge >= 0.3 is 0 Å². The first kappa shape index (κ1) is 14.1. The minimum absolute atomic E-state index is 0.562. The SMILES string of the molecule is Cc1ccccc1N1CCN(Cc2ccncc2)[C@@H](C)C1. The zero-order valence-corrected chi connectivity index (χ0v) is 12.9. The average molecular weight is 281 g/mol. The predicted molar refractivity (Wildman–Crippen MR) is 87.5 cm³/mol. The van der Waals surface area contributed by atoms with Crippen molar-refractivity contribution in [2.75, 3.05) is 24.5 Å². The van der Waals surface area contributed by atoms with Gasteiger partial charge in [0.2, 0.25) is 0 Å². The van der Waals surface area contributed by atoms with Crippen molar-refractivity contribution in [3.8, 4) is 0 Å². The lowest BCUT2D eigenvalue weighted by Gasteiger charge is -2.41. The third-order valence-electron chi connectivity index (χ3n) is 4.36. The fourth-order valence-electron chi connectivity index (χ4n) is 3.09. The first-order valence-corrected chi connectivity index (χ1v) is 7.67. The Hall–Kier alpha value is -1.87. The van der Waals surface area contributed by atoms with Gasteiger partial charge in [-0.2, -0.15) is 0 Å². The van der Waals surface area contributed by atoms with Crippen LogP contribution < -0.4 is 4.90 Å². The van der Waals surface area contributed by atoms with E-state index in [1.807, 2.05) is 12.4 Å². The number of para-hydroxylation sites is 1. The minimum Gasteiger partial charge on any atom is -0.368 e. The van der Waals surface area contributed by atoms with Gasteiger partial charge in [-0.1, -0.05) is 18.2 Å². The van der Waals surface area contributed by atoms with Crippen LogP contribution in [0.4, 0.5) is 5.69 Å². The Kier molecular flexibility index (Phi) is 4.20. The normalized spacial score (nSPS) is 19.7. The molecule has 1 fully saturated rings. The van der Waals surface area contributed by atoms with Crippen LogP contribution >= 0.6 is 0 Å². The molecule has 1 atom stereocenters. The number of nitrogens with zero attached hydrogens (tertiary/aromatic N) is 3. The Morgan fingerprint density at radius 2 is 1.86 bits per heavy atom. The molecule has 0 unspecified atom stereocenters. The Balaban J connectivity index is 1.66. The van der Waals surface area contributed by atoms with Crippen LogP contribution in [0.25, 0.3) is 0 Å². The van der Waals surface area contributed by atoms with Crippen molar-refractivity contribution < 1.29 is 0 Å². The fraction of sp³-hybridized carbons (Fsp3) is 0.389. The summed E-state index contributed by atoms with van der Waals surface area (Å²) < 4.78 is 0. The van der Waals surface area contributed by atoms with Gasteiger partial charge in [-0.25, -0.2) is 0 Å². The molecule has 0 saturated carbocycles. The van der Waals surface area contributed by atoms with E-state index in [2.05, 4.69) is 65.0 Å². The van der Waals surface area contributed by atoms with Crippen LogP contribution in [0.5, 0.6) is 0 Å². The Morgan fingerprint density at radius 3 is 2.57 bits per heavy atom. The van der Waals surface area contributed by atoms with Gasteiger partial charge in [-0.15, -0.1) is 0 Å². The van der Waals surface area contributed by atoms with Gasteiger partial charge in [-0.05, 0) is 43.2 Å². The molecule has 1 aromatic carbocycles. The summed E-state index contributed by atoms with van der Waals surface area (Å²) >= 11 is 0. The number of piperazine rings is 1. The number of hydrogen-bond donors (Lipinski definition) is 0. The summed E-state index contributed by atoms with van der Waals surface area (Å²) in [6.45, 7) is 8.84. The van der Waals surface area contributed by atoms with Crippen molar-refractivity contribution >= 4 is 5.69 Å². The van der Waals surface area contributed by atoms with Crippen LogP contribution in [0, 0.1) is 6.92 Å². The molecule has 1 aromatic heterocycles. The lowest BCUT2D eigenvalue weighted by molar-refractivity contribution is 0.181. The van der Waals surface area contributed by atoms with Gasteiger partial charge in [0.05, 0.1) is 0 Å². The van der Waals surface area contributed by atoms with E-state index in [1.165, 1.54) is 16.8 Å². The number of hydrogen-bond acceptors (Lipinski definition) is 3. The predicted octanol–water partition coefficient (Wildman–Crippen LogP) is 3.10. The number of pyridine rings is 1. The van der Waals surface area contributed by atoms with Crippen molar-refractivity contribution in [3.63, 3.8) is 0 Å². The molecule has 0 N–H and O–H groups in total. The molecule has 21 heavy (non-hydrogen) atoms. The minimum atomic E-state index is 0.562. The quantitative estimate of drug-likeness (QED) is 0.862. The van der Waals surface area contributed by atoms with Crippen LogP contribution in [0.2, 0.25) is 0 Å². The van der Waals surface area contributed by atoms with Crippen LogP contribution in [0.3, 0.4) is 0 Å². The van der Waals surface area contributed by atoms with Crippen molar-refractivity contribution in [2.24, 2.45) is 0 Å². The van der Waals surface area contributed by atoms with Gasteiger partial charge in [0.25, 0.3) is 0 Å². The van der Waals surface area contributed by atoms with E-state index in [0.717, 1.165) is 26.2 Å². The van der Waals surface area contributed by atoms with Crippen molar-refractivity contribution in [1.29, 1.82) is 0 Å². The topological polar surface area (TPSA) is 19.4 Å². The summed E-state index contributed by atoms with van der Waals surface area (Å²) in [5, 5.41) is 0. The van der Waals surface area contributed by atoms with Crippen molar-refractivity contribution in [2.45, 2.75) is 26.4 Å². The summed E-state index contributed by atoms with van der Waals surface area (Å²) in [6, 6.07) is 13.5. The molecule has 0 radical (unpaired) electrons. The summed E-state index contributed by atoms with van der Waals surface area (Å²) in [5.74, 6) is 0. The molecule has 1 aliphatic heterocycles. The summed E-state index contributed by atoms with van der Waals surface area (Å²) in [7, 11) is 0. The van der Waals surface area contributed by atoms with E-state index in [4.69, 9.17) is 0 Å². The van der Waals surface area contributed by atoms with Gasteiger partial charge < -0.3 is 4.90 Å². The Bertz CT molecular complexity index is 582. The number of aryl methyl sites for hydroxylation is 1. The highest BCUT2D eigenvalue weighted by Crippen LogP contribution is 2.23. The van der Waals surface area contributed by atoms with E-state index in [1.54, 1.807) is 0 Å². The summed E-state index contributed by atoms with van der Waals surface area (Å²) in [5.41, 5.74) is 4.10. The molecular formula is C18H23N3. The number of benzene rings is 1. The molecule has 3 heteroatoms. The Labute approximate surface area is 127 Å². The van der Waals surface area contributed by atoms with E-state index >= 15 is 0 Å². The maximum absolute atomic E-state index is 4.09. The summed E-state index contributed by atoms with van der Waals surface area (Å²) in [6.07, 6.45) is 3.76. The van der Waals surface area contributed by atoms with Gasteiger partial charge in [0.15, 0.2) is 0 Å². The average Bonchev–Trinajstić information content (AvgIpc) is 2.51. The lowest BCUT2D eigenvalue weighted by atomic mass is 10.1. The highest BCUT2D eigenvalue weighted by Gasteiger charge is 2.24. The van der Waals surface area contributed by atoms with Crippen molar-refractivity contribution in [1.82, 2.24) is 9.88 Å². The zero-order chi connectivity index (χ0) is 14.7. The Morgan fingerprint density at radius 1 is 1.10 bits per heavy atom. The molecule has 3 rings (SSSR count). The number of anilines is 1. The largest absolute Gasteiger partial charge is 0.368 e. The van der Waals surface area contributed by atoms with Crippen molar-refractivity contribution in [3.05, 3.63) is 59.9 Å². The number of rotatable bonds is 3. The molecule has 0 aliphatic carbocycles. The van der Waals surface area contributed by atoms with Gasteiger partial charge in [-0.3, -0.25) is 9.88 Å². The maximum Gasteiger partial charge on any atom is 0.0396 e. The smallest absolute Gasteiger partial charge is 0.0396 e. The fourth-order valence-corrected chi connectivity index (χ4v) is 3.09.